The minimum absolute atomic E-state index is 0.156. The van der Waals surface area contributed by atoms with Gasteiger partial charge in [-0.1, -0.05) is 0 Å². The van der Waals surface area contributed by atoms with Gasteiger partial charge in [0.2, 0.25) is 5.91 Å². The summed E-state index contributed by atoms with van der Waals surface area (Å²) in [4.78, 5) is 43.5. The van der Waals surface area contributed by atoms with Crippen LogP contribution in [0.2, 0.25) is 0 Å². The maximum atomic E-state index is 12.2. The van der Waals surface area contributed by atoms with Crippen LogP contribution in [0.1, 0.15) is 10.4 Å². The highest BCUT2D eigenvalue weighted by Gasteiger charge is 2.16. The van der Waals surface area contributed by atoms with Gasteiger partial charge in [-0.2, -0.15) is 0 Å². The molecule has 1 N–H and O–H groups in total. The van der Waals surface area contributed by atoms with Crippen LogP contribution in [0.5, 0.6) is 0 Å². The van der Waals surface area contributed by atoms with E-state index in [9.17, 15) is 14.4 Å². The zero-order valence-electron chi connectivity index (χ0n) is 16.7. The van der Waals surface area contributed by atoms with Crippen LogP contribution in [0.3, 0.4) is 0 Å². The fourth-order valence-corrected chi connectivity index (χ4v) is 2.89. The van der Waals surface area contributed by atoms with Crippen LogP contribution < -0.4 is 10.2 Å². The number of aromatic nitrogens is 1. The highest BCUT2D eigenvalue weighted by Crippen LogP contribution is 2.19. The fraction of sp³-hybridized carbons (Fsp3) is 0.333. The number of morpholine rings is 1. The Morgan fingerprint density at radius 1 is 1.10 bits per heavy atom. The minimum Gasteiger partial charge on any atom is -0.452 e. The van der Waals surface area contributed by atoms with Crippen LogP contribution in [-0.2, 0) is 19.1 Å². The maximum absolute atomic E-state index is 12.2. The zero-order valence-corrected chi connectivity index (χ0v) is 16.7. The first kappa shape index (κ1) is 21.3. The fourth-order valence-electron chi connectivity index (χ4n) is 2.89. The normalized spacial score (nSPS) is 13.4. The second kappa shape index (κ2) is 10.4. The van der Waals surface area contributed by atoms with Crippen LogP contribution in [0, 0.1) is 0 Å². The summed E-state index contributed by atoms with van der Waals surface area (Å²) in [5.74, 6) is -1.44. The van der Waals surface area contributed by atoms with Crippen molar-refractivity contribution in [2.45, 2.75) is 0 Å². The molecule has 0 atom stereocenters. The van der Waals surface area contributed by atoms with Gasteiger partial charge in [-0.15, -0.1) is 0 Å². The number of carbonyl (C=O) groups is 3. The lowest BCUT2D eigenvalue weighted by molar-refractivity contribution is -0.136. The number of anilines is 2. The van der Waals surface area contributed by atoms with Crippen molar-refractivity contribution in [3.8, 4) is 0 Å². The highest BCUT2D eigenvalue weighted by molar-refractivity contribution is 5.95. The molecule has 1 aromatic carbocycles. The van der Waals surface area contributed by atoms with Crippen molar-refractivity contribution >= 4 is 29.2 Å². The van der Waals surface area contributed by atoms with E-state index < -0.39 is 18.5 Å². The monoisotopic (exact) mass is 412 g/mol. The zero-order chi connectivity index (χ0) is 21.3. The molecule has 2 heterocycles. The molecule has 9 heteroatoms. The van der Waals surface area contributed by atoms with E-state index >= 15 is 0 Å². The standard InChI is InChI=1S/C21H24N4O5/c1-24(20(27)15-30-21(28)16-6-8-22-9-7-16)14-19(26)23-17-2-4-18(5-3-17)25-10-12-29-13-11-25/h2-9H,10-15H2,1H3,(H,23,26). The molecule has 9 nitrogen and oxygen atoms in total. The molecule has 3 rings (SSSR count). The second-order valence-electron chi connectivity index (χ2n) is 6.76. The number of ether oxygens (including phenoxy) is 2. The van der Waals surface area contributed by atoms with Gasteiger partial charge in [0.1, 0.15) is 0 Å². The van der Waals surface area contributed by atoms with Crippen LogP contribution in [0.25, 0.3) is 0 Å². The van der Waals surface area contributed by atoms with E-state index in [0.29, 0.717) is 24.5 Å². The van der Waals surface area contributed by atoms with E-state index in [1.165, 1.54) is 36.5 Å². The third kappa shape index (κ3) is 6.02. The van der Waals surface area contributed by atoms with Crippen molar-refractivity contribution in [3.05, 3.63) is 54.4 Å². The molecular weight excluding hydrogens is 388 g/mol. The van der Waals surface area contributed by atoms with Crippen LogP contribution in [0.15, 0.2) is 48.8 Å². The molecule has 0 bridgehead atoms. The lowest BCUT2D eigenvalue weighted by Gasteiger charge is -2.28. The number of amides is 2. The Kier molecular flexibility index (Phi) is 7.34. The van der Waals surface area contributed by atoms with Crippen LogP contribution >= 0.6 is 0 Å². The Hall–Kier alpha value is -3.46. The van der Waals surface area contributed by atoms with Gasteiger partial charge in [-0.3, -0.25) is 14.6 Å². The second-order valence-corrected chi connectivity index (χ2v) is 6.76. The summed E-state index contributed by atoms with van der Waals surface area (Å²) in [6, 6.07) is 10.5. The highest BCUT2D eigenvalue weighted by atomic mass is 16.5. The predicted molar refractivity (Wildman–Crippen MR) is 110 cm³/mol. The molecule has 158 valence electrons. The van der Waals surface area contributed by atoms with E-state index in [-0.39, 0.29) is 12.5 Å². The minimum atomic E-state index is -0.621. The molecule has 0 unspecified atom stereocenters. The number of nitrogens with zero attached hydrogens (tertiary/aromatic N) is 3. The van der Waals surface area contributed by atoms with E-state index in [1.54, 1.807) is 0 Å². The molecule has 0 saturated carbocycles. The smallest absolute Gasteiger partial charge is 0.338 e. The van der Waals surface area contributed by atoms with Gasteiger partial charge >= 0.3 is 5.97 Å². The Morgan fingerprint density at radius 3 is 2.43 bits per heavy atom. The summed E-state index contributed by atoms with van der Waals surface area (Å²) in [5.41, 5.74) is 2.01. The number of hydrogen-bond acceptors (Lipinski definition) is 7. The van der Waals surface area contributed by atoms with Crippen molar-refractivity contribution in [3.63, 3.8) is 0 Å². The molecule has 1 saturated heterocycles. The number of hydrogen-bond donors (Lipinski definition) is 1. The van der Waals surface area contributed by atoms with Gasteiger partial charge in [-0.25, -0.2) is 4.79 Å². The van der Waals surface area contributed by atoms with Crippen molar-refractivity contribution in [1.29, 1.82) is 0 Å². The van der Waals surface area contributed by atoms with Gasteiger partial charge in [-0.05, 0) is 36.4 Å². The summed E-state index contributed by atoms with van der Waals surface area (Å²) >= 11 is 0. The number of nitrogens with one attached hydrogen (secondary N) is 1. The molecule has 0 spiro atoms. The molecular formula is C21H24N4O5. The SMILES string of the molecule is CN(CC(=O)Nc1ccc(N2CCOCC2)cc1)C(=O)COC(=O)c1ccncc1. The van der Waals surface area contributed by atoms with Gasteiger partial charge in [0.05, 0.1) is 25.3 Å². The number of rotatable bonds is 7. The Bertz CT molecular complexity index is 867. The third-order valence-corrected chi connectivity index (χ3v) is 4.58. The number of carbonyl (C=O) groups excluding carboxylic acids is 3. The molecule has 1 aromatic heterocycles. The largest absolute Gasteiger partial charge is 0.452 e. The number of pyridine rings is 1. The van der Waals surface area contributed by atoms with Gasteiger partial charge < -0.3 is 24.6 Å². The summed E-state index contributed by atoms with van der Waals surface area (Å²) in [6.45, 7) is 2.48. The Balaban J connectivity index is 1.43. The topological polar surface area (TPSA) is 101 Å². The number of esters is 1. The summed E-state index contributed by atoms with van der Waals surface area (Å²) < 4.78 is 10.3. The van der Waals surface area contributed by atoms with Gasteiger partial charge in [0.25, 0.3) is 5.91 Å². The molecule has 1 aliphatic heterocycles. The summed E-state index contributed by atoms with van der Waals surface area (Å²) in [6.07, 6.45) is 2.92. The van der Waals surface area contributed by atoms with E-state index in [4.69, 9.17) is 9.47 Å². The van der Waals surface area contributed by atoms with Crippen LogP contribution in [0.4, 0.5) is 11.4 Å². The van der Waals surface area contributed by atoms with Crippen LogP contribution in [-0.4, -0.2) is 74.2 Å². The number of benzene rings is 1. The molecule has 0 aliphatic carbocycles. The van der Waals surface area contributed by atoms with E-state index in [1.807, 2.05) is 24.3 Å². The summed E-state index contributed by atoms with van der Waals surface area (Å²) in [7, 11) is 1.48. The third-order valence-electron chi connectivity index (χ3n) is 4.58. The van der Waals surface area contributed by atoms with Crippen molar-refractivity contribution in [2.75, 3.05) is 56.7 Å². The van der Waals surface area contributed by atoms with E-state index in [0.717, 1.165) is 18.8 Å². The average molecular weight is 412 g/mol. The Labute approximate surface area is 174 Å². The molecule has 30 heavy (non-hydrogen) atoms. The van der Waals surface area contributed by atoms with Crippen molar-refractivity contribution in [2.24, 2.45) is 0 Å². The lowest BCUT2D eigenvalue weighted by Crippen LogP contribution is -2.37. The first-order chi connectivity index (χ1) is 14.5. The average Bonchev–Trinajstić information content (AvgIpc) is 2.78. The summed E-state index contributed by atoms with van der Waals surface area (Å²) in [5, 5.41) is 2.76. The molecule has 1 fully saturated rings. The first-order valence-electron chi connectivity index (χ1n) is 9.56. The number of likely N-dealkylation sites (N-methyl/N-ethyl adjacent to an activating group) is 1. The molecule has 0 radical (unpaired) electrons. The maximum Gasteiger partial charge on any atom is 0.338 e. The quantitative estimate of drug-likeness (QED) is 0.681. The predicted octanol–water partition coefficient (Wildman–Crippen LogP) is 1.17. The Morgan fingerprint density at radius 2 is 1.77 bits per heavy atom. The van der Waals surface area contributed by atoms with Gasteiger partial charge in [0.15, 0.2) is 6.61 Å². The van der Waals surface area contributed by atoms with Gasteiger partial charge in [0, 0.05) is 43.9 Å². The first-order valence-corrected chi connectivity index (χ1v) is 9.56. The lowest BCUT2D eigenvalue weighted by atomic mass is 10.2. The van der Waals surface area contributed by atoms with Crippen molar-refractivity contribution in [1.82, 2.24) is 9.88 Å². The molecule has 1 aliphatic rings. The molecule has 2 amide bonds. The molecule has 2 aromatic rings. The van der Waals surface area contributed by atoms with Crippen molar-refractivity contribution < 1.29 is 23.9 Å². The van der Waals surface area contributed by atoms with E-state index in [2.05, 4.69) is 15.2 Å².